The lowest BCUT2D eigenvalue weighted by Gasteiger charge is -2.34. The molecule has 0 N–H and O–H groups in total. The highest BCUT2D eigenvalue weighted by Gasteiger charge is 2.30. The van der Waals surface area contributed by atoms with Crippen LogP contribution >= 0.6 is 11.8 Å². The first-order valence-corrected chi connectivity index (χ1v) is 11.8. The molecule has 0 unspecified atom stereocenters. The first kappa shape index (κ1) is 20.9. The first-order valence-electron chi connectivity index (χ1n) is 9.41. The number of hydrogen-bond acceptors (Lipinski definition) is 4. The van der Waals surface area contributed by atoms with E-state index in [2.05, 4.69) is 0 Å². The second kappa shape index (κ2) is 9.11. The number of benzene rings is 2. The van der Waals surface area contributed by atoms with E-state index in [0.29, 0.717) is 37.5 Å². The molecule has 0 spiro atoms. The molecule has 0 atom stereocenters. The second-order valence-electron chi connectivity index (χ2n) is 6.94. The molecule has 2 aromatic rings. The van der Waals surface area contributed by atoms with Crippen molar-refractivity contribution in [1.29, 1.82) is 0 Å². The third-order valence-corrected chi connectivity index (χ3v) is 7.94. The predicted octanol–water partition coefficient (Wildman–Crippen LogP) is 3.32. The van der Waals surface area contributed by atoms with Gasteiger partial charge in [-0.05, 0) is 49.2 Å². The Hall–Kier alpha value is -1.83. The lowest BCUT2D eigenvalue weighted by atomic mass is 10.1. The monoisotopic (exact) mass is 418 g/mol. The summed E-state index contributed by atoms with van der Waals surface area (Å²) in [4.78, 5) is 15.7. The summed E-state index contributed by atoms with van der Waals surface area (Å²) < 4.78 is 27.2. The predicted molar refractivity (Wildman–Crippen MR) is 113 cm³/mol. The van der Waals surface area contributed by atoms with Crippen LogP contribution in [0.3, 0.4) is 0 Å². The van der Waals surface area contributed by atoms with Gasteiger partial charge in [-0.25, -0.2) is 8.42 Å². The van der Waals surface area contributed by atoms with Gasteiger partial charge < -0.3 is 4.90 Å². The average molecular weight is 419 g/mol. The smallest absolute Gasteiger partial charge is 0.243 e. The molecular formula is C21H26N2O3S2. The molecule has 1 heterocycles. The number of sulfonamides is 1. The Morgan fingerprint density at radius 1 is 0.964 bits per heavy atom. The van der Waals surface area contributed by atoms with Gasteiger partial charge in [0, 0.05) is 43.2 Å². The Morgan fingerprint density at radius 2 is 1.64 bits per heavy atom. The number of thioether (sulfide) groups is 1. The van der Waals surface area contributed by atoms with E-state index in [0.717, 1.165) is 21.8 Å². The van der Waals surface area contributed by atoms with Gasteiger partial charge in [-0.3, -0.25) is 4.79 Å². The summed E-state index contributed by atoms with van der Waals surface area (Å²) in [7, 11) is -3.51. The third-order valence-electron chi connectivity index (χ3n) is 5.04. The lowest BCUT2D eigenvalue weighted by molar-refractivity contribution is -0.131. The molecule has 0 saturated carbocycles. The van der Waals surface area contributed by atoms with Crippen LogP contribution in [0.25, 0.3) is 0 Å². The second-order valence-corrected chi connectivity index (χ2v) is 10.0. The van der Waals surface area contributed by atoms with Crippen molar-refractivity contribution in [2.45, 2.75) is 30.1 Å². The van der Waals surface area contributed by atoms with E-state index in [1.165, 1.54) is 4.31 Å². The highest BCUT2D eigenvalue weighted by atomic mass is 32.2. The van der Waals surface area contributed by atoms with Crippen LogP contribution in [0.1, 0.15) is 17.5 Å². The summed E-state index contributed by atoms with van der Waals surface area (Å²) >= 11 is 1.66. The van der Waals surface area contributed by atoms with Gasteiger partial charge in [-0.2, -0.15) is 4.31 Å². The first-order chi connectivity index (χ1) is 13.4. The minimum absolute atomic E-state index is 0.0895. The molecule has 1 aliphatic rings. The fourth-order valence-corrected chi connectivity index (χ4v) is 5.50. The number of carbonyl (C=O) groups excluding carboxylic acids is 1. The topological polar surface area (TPSA) is 57.7 Å². The molecule has 0 radical (unpaired) electrons. The highest BCUT2D eigenvalue weighted by Crippen LogP contribution is 2.21. The van der Waals surface area contributed by atoms with Crippen LogP contribution < -0.4 is 0 Å². The van der Waals surface area contributed by atoms with Crippen molar-refractivity contribution in [3.8, 4) is 0 Å². The van der Waals surface area contributed by atoms with Crippen molar-refractivity contribution in [3.63, 3.8) is 0 Å². The van der Waals surface area contributed by atoms with Gasteiger partial charge in [0.25, 0.3) is 0 Å². The normalized spacial score (nSPS) is 15.6. The number of hydrogen-bond donors (Lipinski definition) is 0. The zero-order valence-electron chi connectivity index (χ0n) is 16.3. The summed E-state index contributed by atoms with van der Waals surface area (Å²) in [5, 5.41) is 0. The number of amides is 1. The highest BCUT2D eigenvalue weighted by molar-refractivity contribution is 7.99. The summed E-state index contributed by atoms with van der Waals surface area (Å²) in [5.41, 5.74) is 2.04. The third kappa shape index (κ3) is 4.96. The molecule has 1 aliphatic heterocycles. The van der Waals surface area contributed by atoms with Crippen LogP contribution in [0.5, 0.6) is 0 Å². The zero-order valence-corrected chi connectivity index (χ0v) is 17.9. The van der Waals surface area contributed by atoms with Crippen LogP contribution in [0.4, 0.5) is 0 Å². The van der Waals surface area contributed by atoms with Crippen LogP contribution in [-0.4, -0.2) is 55.5 Å². The van der Waals surface area contributed by atoms with Crippen molar-refractivity contribution in [2.24, 2.45) is 0 Å². The van der Waals surface area contributed by atoms with Crippen LogP contribution in [-0.2, 0) is 14.8 Å². The van der Waals surface area contributed by atoms with Crippen molar-refractivity contribution in [3.05, 3.63) is 59.7 Å². The average Bonchev–Trinajstić information content (AvgIpc) is 2.71. The summed E-state index contributed by atoms with van der Waals surface area (Å²) in [6.45, 7) is 5.45. The standard InChI is InChI=1S/C21H26N2O3S2/c1-17-8-9-20(16-18(17)2)28(25,26)23-13-11-22(12-14-23)21(24)10-15-27-19-6-4-3-5-7-19/h3-9,16H,10-15H2,1-2H3. The molecule has 1 amide bonds. The molecule has 28 heavy (non-hydrogen) atoms. The fourth-order valence-electron chi connectivity index (χ4n) is 3.13. The number of rotatable bonds is 6. The van der Waals surface area contributed by atoms with E-state index in [9.17, 15) is 13.2 Å². The van der Waals surface area contributed by atoms with Gasteiger partial charge in [0.05, 0.1) is 4.90 Å². The van der Waals surface area contributed by atoms with E-state index < -0.39 is 10.0 Å². The SMILES string of the molecule is Cc1ccc(S(=O)(=O)N2CCN(C(=O)CCSc3ccccc3)CC2)cc1C. The van der Waals surface area contributed by atoms with Crippen molar-refractivity contribution >= 4 is 27.7 Å². The number of nitrogens with zero attached hydrogens (tertiary/aromatic N) is 2. The van der Waals surface area contributed by atoms with Gasteiger partial charge >= 0.3 is 0 Å². The van der Waals surface area contributed by atoms with Crippen LogP contribution in [0.15, 0.2) is 58.3 Å². The van der Waals surface area contributed by atoms with Crippen molar-refractivity contribution in [2.75, 3.05) is 31.9 Å². The van der Waals surface area contributed by atoms with E-state index in [4.69, 9.17) is 0 Å². The molecule has 1 fully saturated rings. The minimum atomic E-state index is -3.51. The van der Waals surface area contributed by atoms with Gasteiger partial charge in [0.1, 0.15) is 0 Å². The maximum Gasteiger partial charge on any atom is 0.243 e. The Balaban J connectivity index is 1.52. The molecule has 0 aromatic heterocycles. The molecule has 150 valence electrons. The largest absolute Gasteiger partial charge is 0.340 e. The number of carbonyl (C=O) groups is 1. The summed E-state index contributed by atoms with van der Waals surface area (Å²) in [6, 6.07) is 15.2. The van der Waals surface area contributed by atoms with Crippen LogP contribution in [0, 0.1) is 13.8 Å². The Bertz CT molecular complexity index is 922. The zero-order chi connectivity index (χ0) is 20.1. The molecular weight excluding hydrogens is 392 g/mol. The Morgan fingerprint density at radius 3 is 2.29 bits per heavy atom. The molecule has 5 nitrogen and oxygen atoms in total. The summed E-state index contributed by atoms with van der Waals surface area (Å²) in [6.07, 6.45) is 0.462. The fraction of sp³-hybridized carbons (Fsp3) is 0.381. The van der Waals surface area contributed by atoms with E-state index in [1.54, 1.807) is 28.8 Å². The minimum Gasteiger partial charge on any atom is -0.340 e. The maximum absolute atomic E-state index is 12.9. The quantitative estimate of drug-likeness (QED) is 0.676. The van der Waals surface area contributed by atoms with Crippen molar-refractivity contribution < 1.29 is 13.2 Å². The maximum atomic E-state index is 12.9. The van der Waals surface area contributed by atoms with Gasteiger partial charge in [-0.1, -0.05) is 24.3 Å². The van der Waals surface area contributed by atoms with E-state index in [-0.39, 0.29) is 5.91 Å². The number of aryl methyl sites for hydroxylation is 2. The van der Waals surface area contributed by atoms with Gasteiger partial charge in [-0.15, -0.1) is 11.8 Å². The molecule has 1 saturated heterocycles. The molecule has 0 aliphatic carbocycles. The van der Waals surface area contributed by atoms with Crippen molar-refractivity contribution in [1.82, 2.24) is 9.21 Å². The van der Waals surface area contributed by atoms with Gasteiger partial charge in [0.2, 0.25) is 15.9 Å². The van der Waals surface area contributed by atoms with Gasteiger partial charge in [0.15, 0.2) is 0 Å². The summed E-state index contributed by atoms with van der Waals surface area (Å²) in [5.74, 6) is 0.816. The molecule has 0 bridgehead atoms. The number of piperazine rings is 1. The molecule has 7 heteroatoms. The molecule has 3 rings (SSSR count). The van der Waals surface area contributed by atoms with E-state index >= 15 is 0 Å². The van der Waals surface area contributed by atoms with Crippen LogP contribution in [0.2, 0.25) is 0 Å². The Labute approximate surface area is 171 Å². The van der Waals surface area contributed by atoms with E-state index in [1.807, 2.05) is 50.2 Å². The lowest BCUT2D eigenvalue weighted by Crippen LogP contribution is -2.50. The Kier molecular flexibility index (Phi) is 6.80. The molecule has 2 aromatic carbocycles.